The van der Waals surface area contributed by atoms with Crippen molar-refractivity contribution in [3.05, 3.63) is 94.5 Å². The number of nitrogens with one attached hydrogen (secondary N) is 2. The van der Waals surface area contributed by atoms with Gasteiger partial charge in [-0.2, -0.15) is 0 Å². The third-order valence-corrected chi connectivity index (χ3v) is 6.45. The Bertz CT molecular complexity index is 1080. The molecular formula is C22H21BrN2O3S. The van der Waals surface area contributed by atoms with Gasteiger partial charge < -0.3 is 5.32 Å². The summed E-state index contributed by atoms with van der Waals surface area (Å²) in [6, 6.07) is 22.2. The van der Waals surface area contributed by atoms with Crippen molar-refractivity contribution in [2.45, 2.75) is 24.3 Å². The second kappa shape index (κ2) is 9.35. The topological polar surface area (TPSA) is 75.3 Å². The van der Waals surface area contributed by atoms with Gasteiger partial charge in [0.15, 0.2) is 0 Å². The molecule has 0 aliphatic carbocycles. The largest absolute Gasteiger partial charge is 0.326 e. The summed E-state index contributed by atoms with van der Waals surface area (Å²) in [6.07, 6.45) is -0.0336. The highest BCUT2D eigenvalue weighted by Crippen LogP contribution is 2.23. The van der Waals surface area contributed by atoms with E-state index in [4.69, 9.17) is 0 Å². The first-order valence-corrected chi connectivity index (χ1v) is 11.3. The Morgan fingerprint density at radius 2 is 1.55 bits per heavy atom. The van der Waals surface area contributed by atoms with Crippen LogP contribution in [0.15, 0.2) is 88.2 Å². The van der Waals surface area contributed by atoms with Crippen LogP contribution >= 0.6 is 15.9 Å². The van der Waals surface area contributed by atoms with Crippen LogP contribution in [0.5, 0.6) is 0 Å². The van der Waals surface area contributed by atoms with E-state index in [1.54, 1.807) is 24.3 Å². The maximum absolute atomic E-state index is 12.9. The SMILES string of the molecule is Cc1ccccc1NC(=O)CC(NS(=O)(=O)c1ccc(Br)cc1)c1ccccc1. The van der Waals surface area contributed by atoms with E-state index in [1.807, 2.05) is 49.4 Å². The lowest BCUT2D eigenvalue weighted by atomic mass is 10.0. The number of anilines is 1. The quantitative estimate of drug-likeness (QED) is 0.518. The number of hydrogen-bond donors (Lipinski definition) is 2. The van der Waals surface area contributed by atoms with Crippen molar-refractivity contribution >= 4 is 37.5 Å². The summed E-state index contributed by atoms with van der Waals surface area (Å²) in [5, 5.41) is 2.86. The number of halogens is 1. The van der Waals surface area contributed by atoms with Crippen LogP contribution in [0.4, 0.5) is 5.69 Å². The van der Waals surface area contributed by atoms with Gasteiger partial charge in [-0.3, -0.25) is 4.79 Å². The third kappa shape index (κ3) is 5.76. The molecule has 150 valence electrons. The van der Waals surface area contributed by atoms with E-state index < -0.39 is 16.1 Å². The first-order chi connectivity index (χ1) is 13.8. The molecular weight excluding hydrogens is 452 g/mol. The maximum atomic E-state index is 12.9. The number of para-hydroxylation sites is 1. The Labute approximate surface area is 179 Å². The molecule has 3 rings (SSSR count). The van der Waals surface area contributed by atoms with Crippen molar-refractivity contribution in [3.8, 4) is 0 Å². The van der Waals surface area contributed by atoms with Crippen molar-refractivity contribution in [1.29, 1.82) is 0 Å². The molecule has 0 spiro atoms. The van der Waals surface area contributed by atoms with Crippen molar-refractivity contribution < 1.29 is 13.2 Å². The fourth-order valence-electron chi connectivity index (χ4n) is 2.88. The van der Waals surface area contributed by atoms with Crippen molar-refractivity contribution in [3.63, 3.8) is 0 Å². The molecule has 29 heavy (non-hydrogen) atoms. The predicted octanol–water partition coefficient (Wildman–Crippen LogP) is 4.81. The number of amides is 1. The molecule has 0 fully saturated rings. The Balaban J connectivity index is 1.82. The number of sulfonamides is 1. The zero-order valence-corrected chi connectivity index (χ0v) is 18.2. The fourth-order valence-corrected chi connectivity index (χ4v) is 4.37. The number of benzene rings is 3. The smallest absolute Gasteiger partial charge is 0.241 e. The van der Waals surface area contributed by atoms with Gasteiger partial charge in [0.25, 0.3) is 0 Å². The Morgan fingerprint density at radius 1 is 0.931 bits per heavy atom. The molecule has 1 unspecified atom stereocenters. The summed E-state index contributed by atoms with van der Waals surface area (Å²) >= 11 is 3.30. The highest BCUT2D eigenvalue weighted by molar-refractivity contribution is 9.10. The molecule has 0 radical (unpaired) electrons. The molecule has 0 aliphatic heterocycles. The standard InChI is InChI=1S/C22H21BrN2O3S/c1-16-7-5-6-10-20(16)24-22(26)15-21(17-8-3-2-4-9-17)25-29(27,28)19-13-11-18(23)12-14-19/h2-14,21,25H,15H2,1H3,(H,24,26). The zero-order valence-electron chi connectivity index (χ0n) is 15.8. The van der Waals surface area contributed by atoms with Crippen LogP contribution in [0.1, 0.15) is 23.6 Å². The highest BCUT2D eigenvalue weighted by Gasteiger charge is 2.24. The molecule has 0 heterocycles. The second-order valence-corrected chi connectivity index (χ2v) is 9.24. The molecule has 0 aromatic heterocycles. The van der Waals surface area contributed by atoms with Crippen LogP contribution < -0.4 is 10.0 Å². The first kappa shape index (κ1) is 21.2. The normalized spacial score (nSPS) is 12.3. The van der Waals surface area contributed by atoms with E-state index in [1.165, 1.54) is 12.1 Å². The van der Waals surface area contributed by atoms with E-state index in [-0.39, 0.29) is 17.2 Å². The Hall–Kier alpha value is -2.48. The maximum Gasteiger partial charge on any atom is 0.241 e. The van der Waals surface area contributed by atoms with Crippen LogP contribution in [0.3, 0.4) is 0 Å². The van der Waals surface area contributed by atoms with Crippen LogP contribution in [0, 0.1) is 6.92 Å². The minimum Gasteiger partial charge on any atom is -0.326 e. The number of aryl methyl sites for hydroxylation is 1. The van der Waals surface area contributed by atoms with Gasteiger partial charge in [0, 0.05) is 16.6 Å². The molecule has 5 nitrogen and oxygen atoms in total. The van der Waals surface area contributed by atoms with Gasteiger partial charge in [-0.25, -0.2) is 13.1 Å². The van der Waals surface area contributed by atoms with E-state index in [0.29, 0.717) is 11.3 Å². The number of carbonyl (C=O) groups excluding carboxylic acids is 1. The van der Waals surface area contributed by atoms with Gasteiger partial charge >= 0.3 is 0 Å². The van der Waals surface area contributed by atoms with Gasteiger partial charge in [-0.05, 0) is 48.4 Å². The lowest BCUT2D eigenvalue weighted by Crippen LogP contribution is -2.31. The first-order valence-electron chi connectivity index (χ1n) is 9.03. The summed E-state index contributed by atoms with van der Waals surface area (Å²) in [5.41, 5.74) is 2.36. The minimum atomic E-state index is -3.80. The van der Waals surface area contributed by atoms with Crippen molar-refractivity contribution in [1.82, 2.24) is 4.72 Å². The molecule has 0 saturated heterocycles. The molecule has 0 saturated carbocycles. The summed E-state index contributed by atoms with van der Waals surface area (Å²) in [7, 11) is -3.80. The lowest BCUT2D eigenvalue weighted by Gasteiger charge is -2.19. The second-order valence-electron chi connectivity index (χ2n) is 6.61. The van der Waals surface area contributed by atoms with Crippen LogP contribution in [-0.2, 0) is 14.8 Å². The number of carbonyl (C=O) groups is 1. The molecule has 0 aliphatic rings. The predicted molar refractivity (Wildman–Crippen MR) is 118 cm³/mol. The zero-order chi connectivity index (χ0) is 20.9. The molecule has 7 heteroatoms. The minimum absolute atomic E-state index is 0.0336. The van der Waals surface area contributed by atoms with Crippen molar-refractivity contribution in [2.24, 2.45) is 0 Å². The fraction of sp³-hybridized carbons (Fsp3) is 0.136. The van der Waals surface area contributed by atoms with E-state index in [9.17, 15) is 13.2 Å². The van der Waals surface area contributed by atoms with Gasteiger partial charge in [0.05, 0.1) is 10.9 Å². The highest BCUT2D eigenvalue weighted by atomic mass is 79.9. The summed E-state index contributed by atoms with van der Waals surface area (Å²) in [5.74, 6) is -0.272. The summed E-state index contributed by atoms with van der Waals surface area (Å²) in [4.78, 5) is 12.8. The Morgan fingerprint density at radius 3 is 2.21 bits per heavy atom. The van der Waals surface area contributed by atoms with E-state index in [2.05, 4.69) is 26.0 Å². The summed E-state index contributed by atoms with van der Waals surface area (Å²) in [6.45, 7) is 1.90. The molecule has 2 N–H and O–H groups in total. The Kier molecular flexibility index (Phi) is 6.84. The van der Waals surface area contributed by atoms with Crippen LogP contribution in [0.25, 0.3) is 0 Å². The summed E-state index contributed by atoms with van der Waals surface area (Å²) < 4.78 is 29.2. The average Bonchev–Trinajstić information content (AvgIpc) is 2.70. The van der Waals surface area contributed by atoms with Crippen molar-refractivity contribution in [2.75, 3.05) is 5.32 Å². The lowest BCUT2D eigenvalue weighted by molar-refractivity contribution is -0.116. The molecule has 3 aromatic rings. The number of hydrogen-bond acceptors (Lipinski definition) is 3. The third-order valence-electron chi connectivity index (χ3n) is 4.43. The van der Waals surface area contributed by atoms with E-state index >= 15 is 0 Å². The van der Waals surface area contributed by atoms with Crippen LogP contribution in [0.2, 0.25) is 0 Å². The molecule has 1 amide bonds. The monoisotopic (exact) mass is 472 g/mol. The van der Waals surface area contributed by atoms with Gasteiger partial charge in [0.2, 0.25) is 15.9 Å². The number of rotatable bonds is 7. The van der Waals surface area contributed by atoms with Gasteiger partial charge in [-0.15, -0.1) is 0 Å². The average molecular weight is 473 g/mol. The molecule has 0 bridgehead atoms. The van der Waals surface area contributed by atoms with Gasteiger partial charge in [-0.1, -0.05) is 64.5 Å². The molecule has 3 aromatic carbocycles. The van der Waals surface area contributed by atoms with Gasteiger partial charge in [0.1, 0.15) is 0 Å². The molecule has 1 atom stereocenters. The van der Waals surface area contributed by atoms with Crippen LogP contribution in [-0.4, -0.2) is 14.3 Å². The van der Waals surface area contributed by atoms with E-state index in [0.717, 1.165) is 10.0 Å².